The van der Waals surface area contributed by atoms with Gasteiger partial charge in [0.1, 0.15) is 0 Å². The molecule has 1 aromatic heterocycles. The third-order valence-electron chi connectivity index (χ3n) is 5.14. The van der Waals surface area contributed by atoms with Crippen LogP contribution in [0.2, 0.25) is 0 Å². The van der Waals surface area contributed by atoms with Gasteiger partial charge in [0.15, 0.2) is 0 Å². The predicted molar refractivity (Wildman–Crippen MR) is 110 cm³/mol. The lowest BCUT2D eigenvalue weighted by Crippen LogP contribution is -2.30. The maximum absolute atomic E-state index is 13.3. The van der Waals surface area contributed by atoms with Crippen molar-refractivity contribution in [3.05, 3.63) is 48.5 Å². The van der Waals surface area contributed by atoms with Crippen molar-refractivity contribution in [3.8, 4) is 0 Å². The van der Waals surface area contributed by atoms with Crippen molar-refractivity contribution in [1.82, 2.24) is 20.2 Å². The van der Waals surface area contributed by atoms with Crippen molar-refractivity contribution in [2.45, 2.75) is 46.7 Å². The molecule has 0 unspecified atom stereocenters. The number of hydrogen-bond donors (Lipinski definition) is 0. The van der Waals surface area contributed by atoms with Crippen LogP contribution in [0.3, 0.4) is 0 Å². The molecule has 1 aliphatic heterocycles. The third kappa shape index (κ3) is 3.20. The zero-order valence-electron chi connectivity index (χ0n) is 15.2. The average Bonchev–Trinajstić information content (AvgIpc) is 3.41. The number of para-hydroxylation sites is 2. The van der Waals surface area contributed by atoms with Gasteiger partial charge in [-0.1, -0.05) is 60.6 Å². The Kier molecular flexibility index (Phi) is 4.82. The first-order valence-corrected chi connectivity index (χ1v) is 11.2. The standard InChI is InChI=1S/C20H19N5OS2/c26-19(13-27-20-21-22-23-25(20)14-7-1-2-8-14)24-15-9-3-5-11-17(15)28-18-12-6-4-10-16(18)24/h3-6,9-12,14H,1-2,7-8,13H2. The molecule has 2 heterocycles. The van der Waals surface area contributed by atoms with E-state index in [4.69, 9.17) is 0 Å². The normalized spacial score (nSPS) is 16.1. The lowest BCUT2D eigenvalue weighted by Gasteiger charge is -2.30. The number of aromatic nitrogens is 4. The highest BCUT2D eigenvalue weighted by Crippen LogP contribution is 2.48. The Morgan fingerprint density at radius 2 is 1.68 bits per heavy atom. The van der Waals surface area contributed by atoms with E-state index in [1.807, 2.05) is 46.0 Å². The Morgan fingerprint density at radius 1 is 1.04 bits per heavy atom. The summed E-state index contributed by atoms with van der Waals surface area (Å²) >= 11 is 3.12. The molecule has 0 N–H and O–H groups in total. The largest absolute Gasteiger partial charge is 0.278 e. The molecule has 0 saturated heterocycles. The van der Waals surface area contributed by atoms with Crippen LogP contribution in [-0.2, 0) is 4.79 Å². The molecule has 8 heteroatoms. The average molecular weight is 410 g/mol. The van der Waals surface area contributed by atoms with Crippen molar-refractivity contribution in [2.24, 2.45) is 0 Å². The first-order valence-electron chi connectivity index (χ1n) is 9.41. The van der Waals surface area contributed by atoms with Gasteiger partial charge < -0.3 is 0 Å². The van der Waals surface area contributed by atoms with E-state index in [1.165, 1.54) is 24.6 Å². The van der Waals surface area contributed by atoms with Crippen molar-refractivity contribution >= 4 is 40.8 Å². The number of rotatable bonds is 4. The molecule has 1 amide bonds. The van der Waals surface area contributed by atoms with E-state index < -0.39 is 0 Å². The van der Waals surface area contributed by atoms with Gasteiger partial charge in [-0.15, -0.1) is 5.10 Å². The molecule has 1 aliphatic carbocycles. The molecule has 28 heavy (non-hydrogen) atoms. The minimum atomic E-state index is 0.0335. The van der Waals surface area contributed by atoms with Gasteiger partial charge in [-0.25, -0.2) is 4.68 Å². The van der Waals surface area contributed by atoms with Crippen LogP contribution in [0, 0.1) is 0 Å². The Labute approximate surface area is 171 Å². The molecule has 2 aromatic carbocycles. The molecule has 6 nitrogen and oxygen atoms in total. The lowest BCUT2D eigenvalue weighted by atomic mass is 10.2. The van der Waals surface area contributed by atoms with Crippen LogP contribution in [0.1, 0.15) is 31.7 Å². The monoisotopic (exact) mass is 409 g/mol. The Hall–Kier alpha value is -2.32. The quantitative estimate of drug-likeness (QED) is 0.582. The van der Waals surface area contributed by atoms with Crippen LogP contribution < -0.4 is 4.90 Å². The summed E-state index contributed by atoms with van der Waals surface area (Å²) in [7, 11) is 0. The highest BCUT2D eigenvalue weighted by Gasteiger charge is 2.29. The minimum absolute atomic E-state index is 0.0335. The number of nitrogens with zero attached hydrogens (tertiary/aromatic N) is 5. The SMILES string of the molecule is O=C(CSc1nnnn1C1CCCC1)N1c2ccccc2Sc2ccccc21. The zero-order valence-corrected chi connectivity index (χ0v) is 16.8. The van der Waals surface area contributed by atoms with Crippen LogP contribution in [-0.4, -0.2) is 31.9 Å². The summed E-state index contributed by atoms with van der Waals surface area (Å²) in [5, 5.41) is 12.9. The summed E-state index contributed by atoms with van der Waals surface area (Å²) in [6, 6.07) is 16.4. The summed E-state index contributed by atoms with van der Waals surface area (Å²) in [5.41, 5.74) is 1.87. The van der Waals surface area contributed by atoms with Crippen molar-refractivity contribution < 1.29 is 4.79 Å². The van der Waals surface area contributed by atoms with E-state index in [0.717, 1.165) is 39.2 Å². The Balaban J connectivity index is 1.40. The van der Waals surface area contributed by atoms with Crippen molar-refractivity contribution in [1.29, 1.82) is 0 Å². The first-order chi connectivity index (χ1) is 13.8. The van der Waals surface area contributed by atoms with Crippen LogP contribution >= 0.6 is 23.5 Å². The highest BCUT2D eigenvalue weighted by molar-refractivity contribution is 8.00. The summed E-state index contributed by atoms with van der Waals surface area (Å²) < 4.78 is 1.90. The number of fused-ring (bicyclic) bond motifs is 2. The molecule has 2 aliphatic rings. The van der Waals surface area contributed by atoms with Gasteiger partial charge in [-0.2, -0.15) is 0 Å². The number of hydrogen-bond acceptors (Lipinski definition) is 6. The fourth-order valence-corrected chi connectivity index (χ4v) is 5.67. The van der Waals surface area contributed by atoms with Gasteiger partial charge >= 0.3 is 0 Å². The van der Waals surface area contributed by atoms with Crippen molar-refractivity contribution in [3.63, 3.8) is 0 Å². The van der Waals surface area contributed by atoms with Gasteiger partial charge in [0, 0.05) is 9.79 Å². The summed E-state index contributed by atoms with van der Waals surface area (Å²) in [6.45, 7) is 0. The van der Waals surface area contributed by atoms with Crippen LogP contribution in [0.25, 0.3) is 0 Å². The van der Waals surface area contributed by atoms with Gasteiger partial charge in [0.25, 0.3) is 0 Å². The molecule has 0 radical (unpaired) electrons. The number of anilines is 2. The summed E-state index contributed by atoms with van der Waals surface area (Å²) in [4.78, 5) is 17.3. The van der Waals surface area contributed by atoms with E-state index in [0.29, 0.717) is 11.8 Å². The molecular formula is C20H19N5OS2. The molecule has 0 spiro atoms. The van der Waals surface area contributed by atoms with Gasteiger partial charge in [-0.3, -0.25) is 9.69 Å². The molecule has 3 aromatic rings. The smallest absolute Gasteiger partial charge is 0.242 e. The third-order valence-corrected chi connectivity index (χ3v) is 7.19. The van der Waals surface area contributed by atoms with E-state index >= 15 is 0 Å². The molecule has 1 fully saturated rings. The van der Waals surface area contributed by atoms with Crippen LogP contribution in [0.4, 0.5) is 11.4 Å². The van der Waals surface area contributed by atoms with Crippen LogP contribution in [0.15, 0.2) is 63.5 Å². The number of benzene rings is 2. The molecule has 0 atom stereocenters. The fourth-order valence-electron chi connectivity index (χ4n) is 3.82. The van der Waals surface area contributed by atoms with E-state index in [-0.39, 0.29) is 5.91 Å². The minimum Gasteiger partial charge on any atom is -0.278 e. The second-order valence-corrected chi connectivity index (χ2v) is 8.93. The number of tetrazole rings is 1. The zero-order chi connectivity index (χ0) is 18.9. The van der Waals surface area contributed by atoms with Crippen LogP contribution in [0.5, 0.6) is 0 Å². The fraction of sp³-hybridized carbons (Fsp3) is 0.300. The first kappa shape index (κ1) is 17.8. The second-order valence-electron chi connectivity index (χ2n) is 6.90. The molecular weight excluding hydrogens is 390 g/mol. The number of thioether (sulfide) groups is 1. The summed E-state index contributed by atoms with van der Waals surface area (Å²) in [6.07, 6.45) is 4.65. The highest BCUT2D eigenvalue weighted by atomic mass is 32.2. The molecule has 0 bridgehead atoms. The number of amides is 1. The van der Waals surface area contributed by atoms with E-state index in [2.05, 4.69) is 27.7 Å². The summed E-state index contributed by atoms with van der Waals surface area (Å²) in [5.74, 6) is 0.326. The number of carbonyl (C=O) groups excluding carboxylic acids is 1. The Morgan fingerprint density at radius 3 is 2.36 bits per heavy atom. The van der Waals surface area contributed by atoms with E-state index in [9.17, 15) is 4.79 Å². The number of carbonyl (C=O) groups is 1. The topological polar surface area (TPSA) is 63.9 Å². The molecule has 1 saturated carbocycles. The Bertz CT molecular complexity index is 970. The van der Waals surface area contributed by atoms with E-state index in [1.54, 1.807) is 11.8 Å². The van der Waals surface area contributed by atoms with Crippen molar-refractivity contribution in [2.75, 3.05) is 10.7 Å². The maximum atomic E-state index is 13.3. The van der Waals surface area contributed by atoms with Gasteiger partial charge in [0.2, 0.25) is 11.1 Å². The molecule has 142 valence electrons. The lowest BCUT2D eigenvalue weighted by molar-refractivity contribution is -0.115. The van der Waals surface area contributed by atoms with Gasteiger partial charge in [0.05, 0.1) is 23.2 Å². The maximum Gasteiger partial charge on any atom is 0.242 e. The second kappa shape index (κ2) is 7.60. The molecule has 5 rings (SSSR count). The van der Waals surface area contributed by atoms with Gasteiger partial charge in [-0.05, 0) is 47.5 Å². The predicted octanol–water partition coefficient (Wildman–Crippen LogP) is 4.71.